The fourth-order valence-electron chi connectivity index (χ4n) is 1.65. The molecular weight excluding hydrogens is 300 g/mol. The minimum Gasteiger partial charge on any atom is -0.480 e. The van der Waals surface area contributed by atoms with Crippen molar-refractivity contribution in [3.05, 3.63) is 21.3 Å². The lowest BCUT2D eigenvalue weighted by atomic mass is 9.87. The molecule has 2 unspecified atom stereocenters. The molecular formula is C13H19ClN2O3S. The van der Waals surface area contributed by atoms with Crippen LogP contribution in [0.15, 0.2) is 12.1 Å². The highest BCUT2D eigenvalue weighted by atomic mass is 35.5. The van der Waals surface area contributed by atoms with Gasteiger partial charge in [-0.25, -0.2) is 9.59 Å². The average Bonchev–Trinajstić information content (AvgIpc) is 2.70. The van der Waals surface area contributed by atoms with Crippen molar-refractivity contribution in [2.24, 2.45) is 5.41 Å². The van der Waals surface area contributed by atoms with Gasteiger partial charge in [0.2, 0.25) is 0 Å². The molecule has 0 aliphatic rings. The summed E-state index contributed by atoms with van der Waals surface area (Å²) in [4.78, 5) is 24.0. The third-order valence-electron chi connectivity index (χ3n) is 2.76. The van der Waals surface area contributed by atoms with Crippen LogP contribution in [0.25, 0.3) is 0 Å². The highest BCUT2D eigenvalue weighted by Gasteiger charge is 2.32. The highest BCUT2D eigenvalue weighted by Crippen LogP contribution is 2.26. The number of carbonyl (C=O) groups is 2. The van der Waals surface area contributed by atoms with E-state index in [-0.39, 0.29) is 6.04 Å². The van der Waals surface area contributed by atoms with Crippen molar-refractivity contribution in [1.29, 1.82) is 0 Å². The summed E-state index contributed by atoms with van der Waals surface area (Å²) in [5.41, 5.74) is -0.571. The number of hydrogen-bond donors (Lipinski definition) is 3. The van der Waals surface area contributed by atoms with Gasteiger partial charge in [-0.3, -0.25) is 0 Å². The number of hydrogen-bond acceptors (Lipinski definition) is 3. The molecule has 5 nitrogen and oxygen atoms in total. The molecule has 3 N–H and O–H groups in total. The summed E-state index contributed by atoms with van der Waals surface area (Å²) in [6.07, 6.45) is 0. The lowest BCUT2D eigenvalue weighted by Crippen LogP contribution is -2.52. The summed E-state index contributed by atoms with van der Waals surface area (Å²) in [5.74, 6) is -1.06. The van der Waals surface area contributed by atoms with Gasteiger partial charge in [-0.15, -0.1) is 11.3 Å². The molecule has 20 heavy (non-hydrogen) atoms. The zero-order valence-electron chi connectivity index (χ0n) is 11.9. The summed E-state index contributed by atoms with van der Waals surface area (Å²) in [5, 5.41) is 14.3. The number of carboxylic acids is 1. The fourth-order valence-corrected chi connectivity index (χ4v) is 2.71. The first-order valence-electron chi connectivity index (χ1n) is 6.16. The van der Waals surface area contributed by atoms with E-state index in [1.807, 2.05) is 13.0 Å². The SMILES string of the molecule is CC(NC(=O)NC(C(=O)O)C(C)(C)C)c1ccc(Cl)s1. The van der Waals surface area contributed by atoms with Gasteiger partial charge in [-0.2, -0.15) is 0 Å². The Morgan fingerprint density at radius 1 is 1.30 bits per heavy atom. The number of amides is 2. The first-order valence-corrected chi connectivity index (χ1v) is 7.35. The Morgan fingerprint density at radius 2 is 1.90 bits per heavy atom. The zero-order chi connectivity index (χ0) is 15.5. The molecule has 1 rings (SSSR count). The van der Waals surface area contributed by atoms with Crippen LogP contribution < -0.4 is 10.6 Å². The lowest BCUT2D eigenvalue weighted by Gasteiger charge is -2.28. The maximum atomic E-state index is 11.9. The molecule has 1 heterocycles. The van der Waals surface area contributed by atoms with Crippen LogP contribution in [0.2, 0.25) is 4.34 Å². The van der Waals surface area contributed by atoms with E-state index in [1.54, 1.807) is 26.8 Å². The average molecular weight is 319 g/mol. The smallest absolute Gasteiger partial charge is 0.326 e. The molecule has 0 spiro atoms. The molecule has 0 aliphatic carbocycles. The molecule has 1 aromatic rings. The molecule has 2 atom stereocenters. The molecule has 2 amide bonds. The number of carboxylic acid groups (broad SMARTS) is 1. The van der Waals surface area contributed by atoms with Crippen molar-refractivity contribution < 1.29 is 14.7 Å². The number of carbonyl (C=O) groups excluding carboxylic acids is 1. The monoisotopic (exact) mass is 318 g/mol. The van der Waals surface area contributed by atoms with Crippen molar-refractivity contribution in [2.75, 3.05) is 0 Å². The zero-order valence-corrected chi connectivity index (χ0v) is 13.4. The van der Waals surface area contributed by atoms with Gasteiger partial charge in [0.1, 0.15) is 6.04 Å². The number of nitrogens with one attached hydrogen (secondary N) is 2. The van der Waals surface area contributed by atoms with Crippen LogP contribution in [0.3, 0.4) is 0 Å². The van der Waals surface area contributed by atoms with Gasteiger partial charge in [0.15, 0.2) is 0 Å². The standard InChI is InChI=1S/C13H19ClN2O3S/c1-7(8-5-6-9(14)20-8)15-12(19)16-10(11(17)18)13(2,3)4/h5-7,10H,1-4H3,(H,17,18)(H2,15,16,19). The third-order valence-corrected chi connectivity index (χ3v) is 4.17. The van der Waals surface area contributed by atoms with Crippen LogP contribution >= 0.6 is 22.9 Å². The molecule has 0 aliphatic heterocycles. The van der Waals surface area contributed by atoms with Crippen LogP contribution in [0.4, 0.5) is 4.79 Å². The molecule has 0 saturated heterocycles. The van der Waals surface area contributed by atoms with Crippen LogP contribution in [0.5, 0.6) is 0 Å². The van der Waals surface area contributed by atoms with Gasteiger partial charge < -0.3 is 15.7 Å². The van der Waals surface area contributed by atoms with Crippen molar-refractivity contribution >= 4 is 34.9 Å². The van der Waals surface area contributed by atoms with Gasteiger partial charge in [0.05, 0.1) is 10.4 Å². The Balaban J connectivity index is 2.65. The van der Waals surface area contributed by atoms with E-state index in [2.05, 4.69) is 10.6 Å². The van der Waals surface area contributed by atoms with E-state index in [1.165, 1.54) is 11.3 Å². The number of urea groups is 1. The van der Waals surface area contributed by atoms with Crippen molar-refractivity contribution in [3.8, 4) is 0 Å². The third kappa shape index (κ3) is 4.68. The molecule has 112 valence electrons. The van der Waals surface area contributed by atoms with Gasteiger partial charge in [0.25, 0.3) is 0 Å². The Bertz CT molecular complexity index is 496. The summed E-state index contributed by atoms with van der Waals surface area (Å²) < 4.78 is 0.646. The molecule has 7 heteroatoms. The first kappa shape index (κ1) is 16.8. The molecule has 0 radical (unpaired) electrons. The normalized spacial score (nSPS) is 14.4. The number of rotatable bonds is 4. The molecule has 0 aromatic carbocycles. The second-order valence-electron chi connectivity index (χ2n) is 5.62. The summed E-state index contributed by atoms with van der Waals surface area (Å²) >= 11 is 7.21. The Labute approximate surface area is 127 Å². The van der Waals surface area contributed by atoms with Crippen molar-refractivity contribution in [2.45, 2.75) is 39.8 Å². The second-order valence-corrected chi connectivity index (χ2v) is 7.37. The van der Waals surface area contributed by atoms with E-state index in [4.69, 9.17) is 16.7 Å². The van der Waals surface area contributed by atoms with Crippen LogP contribution in [-0.2, 0) is 4.79 Å². The van der Waals surface area contributed by atoms with Gasteiger partial charge in [-0.05, 0) is 24.5 Å². The molecule has 1 aromatic heterocycles. The van der Waals surface area contributed by atoms with E-state index < -0.39 is 23.5 Å². The first-order chi connectivity index (χ1) is 9.11. The van der Waals surface area contributed by atoms with Gasteiger partial charge in [-0.1, -0.05) is 32.4 Å². The highest BCUT2D eigenvalue weighted by molar-refractivity contribution is 7.16. The Hall–Kier alpha value is -1.27. The van der Waals surface area contributed by atoms with Crippen LogP contribution in [-0.4, -0.2) is 23.1 Å². The predicted octanol–water partition coefficient (Wildman–Crippen LogP) is 3.26. The summed E-state index contributed by atoms with van der Waals surface area (Å²) in [6.45, 7) is 7.09. The molecule has 0 fully saturated rings. The number of halogens is 1. The molecule has 0 saturated carbocycles. The minimum atomic E-state index is -1.06. The maximum absolute atomic E-state index is 11.9. The summed E-state index contributed by atoms with van der Waals surface area (Å²) in [6, 6.07) is 1.89. The molecule has 0 bridgehead atoms. The number of thiophene rings is 1. The largest absolute Gasteiger partial charge is 0.480 e. The fraction of sp³-hybridized carbons (Fsp3) is 0.538. The topological polar surface area (TPSA) is 78.4 Å². The van der Waals surface area contributed by atoms with E-state index >= 15 is 0 Å². The van der Waals surface area contributed by atoms with Gasteiger partial charge >= 0.3 is 12.0 Å². The lowest BCUT2D eigenvalue weighted by molar-refractivity contribution is -0.141. The van der Waals surface area contributed by atoms with E-state index in [0.717, 1.165) is 4.88 Å². The predicted molar refractivity (Wildman–Crippen MR) is 80.3 cm³/mol. The quantitative estimate of drug-likeness (QED) is 0.797. The second kappa shape index (κ2) is 6.45. The van der Waals surface area contributed by atoms with Crippen LogP contribution in [0.1, 0.15) is 38.6 Å². The van der Waals surface area contributed by atoms with Crippen molar-refractivity contribution in [3.63, 3.8) is 0 Å². The van der Waals surface area contributed by atoms with Crippen molar-refractivity contribution in [1.82, 2.24) is 10.6 Å². The Morgan fingerprint density at radius 3 is 2.30 bits per heavy atom. The number of aliphatic carboxylic acids is 1. The van der Waals surface area contributed by atoms with Crippen LogP contribution in [0, 0.1) is 5.41 Å². The van der Waals surface area contributed by atoms with E-state index in [9.17, 15) is 9.59 Å². The summed E-state index contributed by atoms with van der Waals surface area (Å²) in [7, 11) is 0. The van der Waals surface area contributed by atoms with E-state index in [0.29, 0.717) is 4.34 Å². The van der Waals surface area contributed by atoms with Gasteiger partial charge in [0, 0.05) is 4.88 Å². The maximum Gasteiger partial charge on any atom is 0.326 e. The Kier molecular flexibility index (Phi) is 5.42. The minimum absolute atomic E-state index is 0.234.